The van der Waals surface area contributed by atoms with Crippen molar-refractivity contribution in [2.45, 2.75) is 43.9 Å². The van der Waals surface area contributed by atoms with Crippen LogP contribution in [0.5, 0.6) is 0 Å². The van der Waals surface area contributed by atoms with Gasteiger partial charge in [0, 0.05) is 22.0 Å². The number of nitrogens with one attached hydrogen (secondary N) is 1. The molecule has 1 aromatic rings. The summed E-state index contributed by atoms with van der Waals surface area (Å²) in [5.74, 6) is 0. The summed E-state index contributed by atoms with van der Waals surface area (Å²) >= 11 is 12.4. The van der Waals surface area contributed by atoms with Crippen LogP contribution in [0.15, 0.2) is 18.2 Å². The molecule has 1 N–H and O–H groups in total. The zero-order chi connectivity index (χ0) is 13.0. The Balaban J connectivity index is 2.38. The van der Waals surface area contributed by atoms with Crippen molar-refractivity contribution in [1.29, 1.82) is 0 Å². The first kappa shape index (κ1) is 14.2. The Morgan fingerprint density at radius 1 is 1.11 bits per heavy atom. The predicted molar refractivity (Wildman–Crippen MR) is 79.8 cm³/mol. The minimum absolute atomic E-state index is 0.187. The first-order valence-electron chi connectivity index (χ1n) is 6.78. The molecule has 1 aliphatic rings. The van der Waals surface area contributed by atoms with Crippen LogP contribution in [0.4, 0.5) is 0 Å². The molecule has 1 saturated carbocycles. The number of hydrogen-bond donors (Lipinski definition) is 1. The van der Waals surface area contributed by atoms with Gasteiger partial charge in [0.25, 0.3) is 0 Å². The van der Waals surface area contributed by atoms with Crippen LogP contribution in [-0.4, -0.2) is 13.6 Å². The van der Waals surface area contributed by atoms with Crippen molar-refractivity contribution in [2.24, 2.45) is 0 Å². The fraction of sp³-hybridized carbons (Fsp3) is 0.600. The number of benzene rings is 1. The van der Waals surface area contributed by atoms with Crippen molar-refractivity contribution < 1.29 is 0 Å². The minimum Gasteiger partial charge on any atom is -0.319 e. The van der Waals surface area contributed by atoms with E-state index in [0.717, 1.165) is 16.6 Å². The van der Waals surface area contributed by atoms with E-state index >= 15 is 0 Å². The quantitative estimate of drug-likeness (QED) is 0.787. The Labute approximate surface area is 120 Å². The fourth-order valence-electron chi connectivity index (χ4n) is 3.20. The van der Waals surface area contributed by atoms with Gasteiger partial charge in [0.05, 0.1) is 0 Å². The molecule has 0 bridgehead atoms. The molecule has 0 heterocycles. The molecule has 2 rings (SSSR count). The number of rotatable bonds is 3. The Bertz CT molecular complexity index is 395. The fourth-order valence-corrected chi connectivity index (χ4v) is 3.81. The number of halogens is 2. The Hall–Kier alpha value is -0.240. The van der Waals surface area contributed by atoms with E-state index in [1.54, 1.807) is 0 Å². The highest BCUT2D eigenvalue weighted by Gasteiger charge is 2.33. The summed E-state index contributed by atoms with van der Waals surface area (Å²) in [6, 6.07) is 5.96. The second-order valence-corrected chi connectivity index (χ2v) is 6.19. The summed E-state index contributed by atoms with van der Waals surface area (Å²) in [5.41, 5.74) is 1.46. The Morgan fingerprint density at radius 3 is 2.33 bits per heavy atom. The molecule has 18 heavy (non-hydrogen) atoms. The van der Waals surface area contributed by atoms with Gasteiger partial charge in [0.15, 0.2) is 0 Å². The predicted octanol–water partition coefficient (Wildman–Crippen LogP) is 4.80. The van der Waals surface area contributed by atoms with E-state index in [1.165, 1.54) is 44.1 Å². The Morgan fingerprint density at radius 2 is 1.78 bits per heavy atom. The van der Waals surface area contributed by atoms with E-state index in [1.807, 2.05) is 19.2 Å². The van der Waals surface area contributed by atoms with Crippen molar-refractivity contribution in [2.75, 3.05) is 13.6 Å². The second kappa shape index (κ2) is 6.27. The van der Waals surface area contributed by atoms with Crippen molar-refractivity contribution in [1.82, 2.24) is 5.32 Å². The molecule has 3 heteroatoms. The van der Waals surface area contributed by atoms with Crippen LogP contribution in [0.25, 0.3) is 0 Å². The first-order chi connectivity index (χ1) is 8.68. The topological polar surface area (TPSA) is 12.0 Å². The van der Waals surface area contributed by atoms with Crippen LogP contribution in [0.2, 0.25) is 10.0 Å². The van der Waals surface area contributed by atoms with Crippen LogP contribution in [-0.2, 0) is 5.41 Å². The molecule has 0 aliphatic heterocycles. The van der Waals surface area contributed by atoms with Crippen molar-refractivity contribution in [3.8, 4) is 0 Å². The molecule has 0 unspecified atom stereocenters. The van der Waals surface area contributed by atoms with Gasteiger partial charge in [-0.25, -0.2) is 0 Å². The summed E-state index contributed by atoms with van der Waals surface area (Å²) in [6.45, 7) is 0.994. The van der Waals surface area contributed by atoms with Crippen molar-refractivity contribution in [3.63, 3.8) is 0 Å². The zero-order valence-electron chi connectivity index (χ0n) is 10.9. The molecule has 0 radical (unpaired) electrons. The lowest BCUT2D eigenvalue weighted by atomic mass is 9.74. The van der Waals surface area contributed by atoms with Crippen LogP contribution >= 0.6 is 23.2 Å². The van der Waals surface area contributed by atoms with Gasteiger partial charge < -0.3 is 5.32 Å². The summed E-state index contributed by atoms with van der Waals surface area (Å²) in [5, 5.41) is 4.89. The number of likely N-dealkylation sites (N-methyl/N-ethyl adjacent to an activating group) is 1. The maximum atomic E-state index is 6.43. The van der Waals surface area contributed by atoms with Gasteiger partial charge in [0.1, 0.15) is 0 Å². The van der Waals surface area contributed by atoms with Crippen LogP contribution in [0, 0.1) is 0 Å². The highest BCUT2D eigenvalue weighted by molar-refractivity contribution is 6.35. The van der Waals surface area contributed by atoms with Gasteiger partial charge in [-0.3, -0.25) is 0 Å². The lowest BCUT2D eigenvalue weighted by Crippen LogP contribution is -2.36. The molecule has 0 amide bonds. The third-order valence-corrected chi connectivity index (χ3v) is 4.63. The van der Waals surface area contributed by atoms with E-state index in [-0.39, 0.29) is 5.41 Å². The summed E-state index contributed by atoms with van der Waals surface area (Å²) in [6.07, 6.45) is 7.71. The molecule has 0 atom stereocenters. The smallest absolute Gasteiger partial charge is 0.0458 e. The van der Waals surface area contributed by atoms with Gasteiger partial charge in [-0.1, -0.05) is 55.0 Å². The average molecular weight is 286 g/mol. The standard InChI is InChI=1S/C15H21Cl2N/c1-18-11-15(8-4-2-3-5-9-15)13-7-6-12(16)10-14(13)17/h6-7,10,18H,2-5,8-9,11H2,1H3. The van der Waals surface area contributed by atoms with Crippen LogP contribution in [0.1, 0.15) is 44.1 Å². The third kappa shape index (κ3) is 3.01. The minimum atomic E-state index is 0.187. The molecule has 0 spiro atoms. The molecular weight excluding hydrogens is 265 g/mol. The molecule has 0 aromatic heterocycles. The highest BCUT2D eigenvalue weighted by atomic mass is 35.5. The average Bonchev–Trinajstić information content (AvgIpc) is 2.56. The summed E-state index contributed by atoms with van der Waals surface area (Å²) in [7, 11) is 2.02. The SMILES string of the molecule is CNCC1(c2ccc(Cl)cc2Cl)CCCCCC1. The van der Waals surface area contributed by atoms with E-state index in [4.69, 9.17) is 23.2 Å². The van der Waals surface area contributed by atoms with Crippen LogP contribution in [0.3, 0.4) is 0 Å². The van der Waals surface area contributed by atoms with Gasteiger partial charge in [0.2, 0.25) is 0 Å². The molecular formula is C15H21Cl2N. The largest absolute Gasteiger partial charge is 0.319 e. The van der Waals surface area contributed by atoms with Gasteiger partial charge in [-0.15, -0.1) is 0 Å². The third-order valence-electron chi connectivity index (χ3n) is 4.08. The maximum absolute atomic E-state index is 6.43. The summed E-state index contributed by atoms with van der Waals surface area (Å²) < 4.78 is 0. The summed E-state index contributed by atoms with van der Waals surface area (Å²) in [4.78, 5) is 0. The molecule has 1 aliphatic carbocycles. The van der Waals surface area contributed by atoms with Gasteiger partial charge >= 0.3 is 0 Å². The van der Waals surface area contributed by atoms with Gasteiger partial charge in [-0.2, -0.15) is 0 Å². The number of hydrogen-bond acceptors (Lipinski definition) is 1. The van der Waals surface area contributed by atoms with Crippen molar-refractivity contribution >= 4 is 23.2 Å². The van der Waals surface area contributed by atoms with Crippen LogP contribution < -0.4 is 5.32 Å². The van der Waals surface area contributed by atoms with Gasteiger partial charge in [-0.05, 0) is 37.6 Å². The molecule has 1 aromatic carbocycles. The van der Waals surface area contributed by atoms with E-state index in [0.29, 0.717) is 0 Å². The van der Waals surface area contributed by atoms with E-state index in [2.05, 4.69) is 11.4 Å². The maximum Gasteiger partial charge on any atom is 0.0458 e. The highest BCUT2D eigenvalue weighted by Crippen LogP contribution is 2.41. The zero-order valence-corrected chi connectivity index (χ0v) is 12.4. The Kier molecular flexibility index (Phi) is 4.94. The first-order valence-corrected chi connectivity index (χ1v) is 7.54. The second-order valence-electron chi connectivity index (χ2n) is 5.35. The lowest BCUT2D eigenvalue weighted by Gasteiger charge is -2.34. The van der Waals surface area contributed by atoms with E-state index in [9.17, 15) is 0 Å². The van der Waals surface area contributed by atoms with Crippen molar-refractivity contribution in [3.05, 3.63) is 33.8 Å². The molecule has 1 nitrogen and oxygen atoms in total. The molecule has 1 fully saturated rings. The van der Waals surface area contributed by atoms with E-state index < -0.39 is 0 Å². The monoisotopic (exact) mass is 285 g/mol. The molecule has 100 valence electrons. The normalized spacial score (nSPS) is 19.5. The lowest BCUT2D eigenvalue weighted by molar-refractivity contribution is 0.358. The molecule has 0 saturated heterocycles.